The van der Waals surface area contributed by atoms with E-state index in [2.05, 4.69) is 38.3 Å². The molecule has 100 valence electrons. The first-order valence-electron chi connectivity index (χ1n) is 6.55. The Morgan fingerprint density at radius 1 is 1.42 bits per heavy atom. The number of nitrogens with zero attached hydrogens (tertiary/aromatic N) is 2. The van der Waals surface area contributed by atoms with Crippen LogP contribution in [0.3, 0.4) is 0 Å². The fourth-order valence-corrected chi connectivity index (χ4v) is 2.26. The van der Waals surface area contributed by atoms with Gasteiger partial charge in [-0.15, -0.1) is 0 Å². The van der Waals surface area contributed by atoms with Gasteiger partial charge in [-0.3, -0.25) is 0 Å². The number of nitrogens with one attached hydrogen (secondary N) is 1. The summed E-state index contributed by atoms with van der Waals surface area (Å²) in [6.07, 6.45) is 3.38. The predicted molar refractivity (Wildman–Crippen MR) is 76.9 cm³/mol. The fourth-order valence-electron chi connectivity index (χ4n) is 1.88. The molecule has 0 bridgehead atoms. The van der Waals surface area contributed by atoms with Crippen molar-refractivity contribution in [3.05, 3.63) is 34.1 Å². The van der Waals surface area contributed by atoms with Crippen LogP contribution in [-0.4, -0.2) is 22.7 Å². The highest BCUT2D eigenvalue weighted by Gasteiger charge is 2.20. The second-order valence-electron chi connectivity index (χ2n) is 4.95. The first-order chi connectivity index (χ1) is 9.22. The average molecular weight is 322 g/mol. The van der Waals surface area contributed by atoms with Gasteiger partial charge in [0.15, 0.2) is 0 Å². The zero-order chi connectivity index (χ0) is 13.2. The summed E-state index contributed by atoms with van der Waals surface area (Å²) in [6, 6.07) is 6.80. The van der Waals surface area contributed by atoms with Gasteiger partial charge < -0.3 is 9.84 Å². The molecule has 1 aliphatic carbocycles. The van der Waals surface area contributed by atoms with Crippen molar-refractivity contribution in [3.8, 4) is 11.4 Å². The van der Waals surface area contributed by atoms with Gasteiger partial charge in [0.25, 0.3) is 0 Å². The molecule has 1 aromatic carbocycles. The minimum Gasteiger partial charge on any atom is -0.339 e. The van der Waals surface area contributed by atoms with Gasteiger partial charge >= 0.3 is 0 Å². The third-order valence-electron chi connectivity index (χ3n) is 3.25. The Kier molecular flexibility index (Phi) is 3.66. The summed E-state index contributed by atoms with van der Waals surface area (Å²) in [6.45, 7) is 2.96. The van der Waals surface area contributed by atoms with Crippen LogP contribution in [0.2, 0.25) is 0 Å². The minimum atomic E-state index is 0.655. The molecule has 0 atom stereocenters. The first kappa shape index (κ1) is 12.8. The maximum Gasteiger partial charge on any atom is 0.228 e. The summed E-state index contributed by atoms with van der Waals surface area (Å²) in [5.74, 6) is 1.35. The average Bonchev–Trinajstić information content (AvgIpc) is 3.10. The lowest BCUT2D eigenvalue weighted by Crippen LogP contribution is -2.19. The lowest BCUT2D eigenvalue weighted by atomic mass is 10.1. The summed E-state index contributed by atoms with van der Waals surface area (Å²) in [5, 5.41) is 7.47. The maximum absolute atomic E-state index is 5.27. The monoisotopic (exact) mass is 321 g/mol. The van der Waals surface area contributed by atoms with E-state index in [4.69, 9.17) is 4.52 Å². The number of rotatable bonds is 5. The molecule has 0 radical (unpaired) electrons. The number of hydrogen-bond donors (Lipinski definition) is 1. The number of aryl methyl sites for hydroxylation is 1. The molecule has 2 aromatic rings. The first-order valence-corrected chi connectivity index (χ1v) is 7.34. The van der Waals surface area contributed by atoms with Crippen LogP contribution in [0.15, 0.2) is 27.2 Å². The number of hydrogen-bond acceptors (Lipinski definition) is 4. The molecule has 1 N–H and O–H groups in total. The van der Waals surface area contributed by atoms with E-state index in [1.165, 1.54) is 18.4 Å². The molecule has 1 aliphatic rings. The largest absolute Gasteiger partial charge is 0.339 e. The van der Waals surface area contributed by atoms with Crippen LogP contribution < -0.4 is 5.32 Å². The molecule has 1 saturated carbocycles. The van der Waals surface area contributed by atoms with Gasteiger partial charge in [0.2, 0.25) is 11.7 Å². The quantitative estimate of drug-likeness (QED) is 0.919. The van der Waals surface area contributed by atoms with E-state index in [1.54, 1.807) is 0 Å². The molecule has 1 heterocycles. The smallest absolute Gasteiger partial charge is 0.228 e. The predicted octanol–water partition coefficient (Wildman–Crippen LogP) is 3.10. The molecule has 4 nitrogen and oxygen atoms in total. The molecule has 19 heavy (non-hydrogen) atoms. The Morgan fingerprint density at radius 3 is 3.00 bits per heavy atom. The lowest BCUT2D eigenvalue weighted by molar-refractivity contribution is 0.376. The van der Waals surface area contributed by atoms with Crippen LogP contribution in [0, 0.1) is 6.92 Å². The Morgan fingerprint density at radius 2 is 2.26 bits per heavy atom. The van der Waals surface area contributed by atoms with Gasteiger partial charge in [-0.05, 0) is 31.4 Å². The molecule has 0 aliphatic heterocycles. The zero-order valence-electron chi connectivity index (χ0n) is 10.8. The number of benzene rings is 1. The van der Waals surface area contributed by atoms with Crippen molar-refractivity contribution in [3.63, 3.8) is 0 Å². The number of aromatic nitrogens is 2. The summed E-state index contributed by atoms with van der Waals surface area (Å²) in [7, 11) is 0. The molecular formula is C14H16BrN3O. The molecule has 1 aromatic heterocycles. The van der Waals surface area contributed by atoms with Gasteiger partial charge in [0.1, 0.15) is 0 Å². The van der Waals surface area contributed by atoms with Crippen molar-refractivity contribution < 1.29 is 4.52 Å². The van der Waals surface area contributed by atoms with Gasteiger partial charge in [-0.2, -0.15) is 4.98 Å². The van der Waals surface area contributed by atoms with Crippen LogP contribution in [0.1, 0.15) is 24.3 Å². The van der Waals surface area contributed by atoms with Gasteiger partial charge in [0, 0.05) is 29.0 Å². The topological polar surface area (TPSA) is 51.0 Å². The second-order valence-corrected chi connectivity index (χ2v) is 5.81. The molecule has 0 unspecified atom stereocenters. The van der Waals surface area contributed by atoms with Gasteiger partial charge in [-0.25, -0.2) is 0 Å². The minimum absolute atomic E-state index is 0.655. The van der Waals surface area contributed by atoms with Gasteiger partial charge in [0.05, 0.1) is 0 Å². The third-order valence-corrected chi connectivity index (χ3v) is 4.10. The molecule has 1 fully saturated rings. The van der Waals surface area contributed by atoms with Crippen LogP contribution >= 0.6 is 15.9 Å². The number of halogens is 1. The van der Waals surface area contributed by atoms with E-state index in [0.717, 1.165) is 29.0 Å². The Labute approximate surface area is 120 Å². The molecule has 0 saturated heterocycles. The lowest BCUT2D eigenvalue weighted by Gasteiger charge is -1.99. The van der Waals surface area contributed by atoms with Gasteiger partial charge in [-0.1, -0.05) is 33.2 Å². The maximum atomic E-state index is 5.27. The van der Waals surface area contributed by atoms with E-state index >= 15 is 0 Å². The molecule has 0 amide bonds. The molecular weight excluding hydrogens is 306 g/mol. The highest BCUT2D eigenvalue weighted by Crippen LogP contribution is 2.23. The fraction of sp³-hybridized carbons (Fsp3) is 0.429. The van der Waals surface area contributed by atoms with Crippen molar-refractivity contribution in [2.24, 2.45) is 0 Å². The van der Waals surface area contributed by atoms with E-state index in [1.807, 2.05) is 18.2 Å². The summed E-state index contributed by atoms with van der Waals surface area (Å²) in [4.78, 5) is 4.43. The van der Waals surface area contributed by atoms with Crippen molar-refractivity contribution in [1.29, 1.82) is 0 Å². The zero-order valence-corrected chi connectivity index (χ0v) is 12.4. The Bertz CT molecular complexity index is 578. The van der Waals surface area contributed by atoms with Crippen molar-refractivity contribution >= 4 is 15.9 Å². The standard InChI is InChI=1S/C14H16BrN3O/c1-9-2-3-10(8-12(9)15)14-17-13(19-18-14)6-7-16-11-4-5-11/h2-3,8,11,16H,4-7H2,1H3. The normalized spacial score (nSPS) is 14.8. The summed E-state index contributed by atoms with van der Waals surface area (Å²) < 4.78 is 6.34. The highest BCUT2D eigenvalue weighted by atomic mass is 79.9. The summed E-state index contributed by atoms with van der Waals surface area (Å²) >= 11 is 3.52. The van der Waals surface area contributed by atoms with Crippen molar-refractivity contribution in [2.75, 3.05) is 6.54 Å². The second kappa shape index (κ2) is 5.43. The summed E-state index contributed by atoms with van der Waals surface area (Å²) in [5.41, 5.74) is 2.17. The van der Waals surface area contributed by atoms with Crippen molar-refractivity contribution in [1.82, 2.24) is 15.5 Å². The third kappa shape index (κ3) is 3.22. The Balaban J connectivity index is 1.67. The molecule has 0 spiro atoms. The van der Waals surface area contributed by atoms with E-state index < -0.39 is 0 Å². The van der Waals surface area contributed by atoms with Crippen molar-refractivity contribution in [2.45, 2.75) is 32.2 Å². The SMILES string of the molecule is Cc1ccc(-c2noc(CCNC3CC3)n2)cc1Br. The van der Waals surface area contributed by atoms with E-state index in [-0.39, 0.29) is 0 Å². The van der Waals surface area contributed by atoms with Crippen LogP contribution in [-0.2, 0) is 6.42 Å². The van der Waals surface area contributed by atoms with E-state index in [9.17, 15) is 0 Å². The van der Waals surface area contributed by atoms with Crippen LogP contribution in [0.4, 0.5) is 0 Å². The van der Waals surface area contributed by atoms with Crippen LogP contribution in [0.25, 0.3) is 11.4 Å². The molecule has 3 rings (SSSR count). The van der Waals surface area contributed by atoms with Crippen LogP contribution in [0.5, 0.6) is 0 Å². The van der Waals surface area contributed by atoms with E-state index in [0.29, 0.717) is 11.7 Å². The Hall–Kier alpha value is -1.20. The highest BCUT2D eigenvalue weighted by molar-refractivity contribution is 9.10. The molecule has 5 heteroatoms.